The Morgan fingerprint density at radius 1 is 1.06 bits per heavy atom. The lowest BCUT2D eigenvalue weighted by Gasteiger charge is -2.20. The van der Waals surface area contributed by atoms with Crippen LogP contribution in [0.25, 0.3) is 11.1 Å². The van der Waals surface area contributed by atoms with E-state index < -0.39 is 6.04 Å². The van der Waals surface area contributed by atoms with Gasteiger partial charge in [-0.05, 0) is 54.4 Å². The summed E-state index contributed by atoms with van der Waals surface area (Å²) in [7, 11) is 1.57. The molecule has 3 amide bonds. The maximum Gasteiger partial charge on any atom is 0.256 e. The van der Waals surface area contributed by atoms with E-state index in [0.29, 0.717) is 34.0 Å². The summed E-state index contributed by atoms with van der Waals surface area (Å²) in [5.41, 5.74) is 2.86. The fourth-order valence-electron chi connectivity index (χ4n) is 4.55. The number of methoxy groups -OCH3 is 1. The van der Waals surface area contributed by atoms with Crippen molar-refractivity contribution in [2.45, 2.75) is 18.5 Å². The summed E-state index contributed by atoms with van der Waals surface area (Å²) in [5.74, 6) is -0.140. The lowest BCUT2D eigenvalue weighted by atomic mass is 10.00. The van der Waals surface area contributed by atoms with Crippen molar-refractivity contribution >= 4 is 35.0 Å². The number of ether oxygens (including phenoxy) is 1. The van der Waals surface area contributed by atoms with Gasteiger partial charge >= 0.3 is 0 Å². The molecule has 2 heterocycles. The smallest absolute Gasteiger partial charge is 0.256 e. The van der Waals surface area contributed by atoms with Crippen LogP contribution in [0.1, 0.15) is 27.1 Å². The minimum Gasteiger partial charge on any atom is -0.496 e. The first-order valence-corrected chi connectivity index (χ1v) is 11.3. The van der Waals surface area contributed by atoms with Gasteiger partial charge in [0.25, 0.3) is 11.8 Å². The molecule has 0 aliphatic carbocycles. The van der Waals surface area contributed by atoms with Crippen LogP contribution in [0.15, 0.2) is 66.7 Å². The molecule has 1 saturated heterocycles. The van der Waals surface area contributed by atoms with E-state index in [1.54, 1.807) is 61.7 Å². The molecule has 7 nitrogen and oxygen atoms in total. The first-order valence-electron chi connectivity index (χ1n) is 10.9. The number of halogens is 1. The SMILES string of the molecule is COc1ccc(Cl)cc1-c1ccc2c(c1)C(=O)N1C[C@@H](NC(=O)c3ccccc3)C[C@H]1C(=O)N2. The first kappa shape index (κ1) is 22.0. The predicted molar refractivity (Wildman–Crippen MR) is 129 cm³/mol. The zero-order chi connectivity index (χ0) is 23.8. The number of fused-ring (bicyclic) bond motifs is 2. The quantitative estimate of drug-likeness (QED) is 0.597. The predicted octanol–water partition coefficient (Wildman–Crippen LogP) is 3.98. The second kappa shape index (κ2) is 8.83. The molecule has 5 rings (SSSR count). The number of rotatable bonds is 4. The molecule has 0 bridgehead atoms. The van der Waals surface area contributed by atoms with Gasteiger partial charge in [0.15, 0.2) is 0 Å². The van der Waals surface area contributed by atoms with Crippen molar-refractivity contribution in [2.24, 2.45) is 0 Å². The van der Waals surface area contributed by atoms with Crippen molar-refractivity contribution in [2.75, 3.05) is 19.0 Å². The summed E-state index contributed by atoms with van der Waals surface area (Å²) in [4.78, 5) is 40.6. The van der Waals surface area contributed by atoms with Gasteiger partial charge in [-0.15, -0.1) is 0 Å². The second-order valence-corrected chi connectivity index (χ2v) is 8.78. The standard InChI is InChI=1S/C26H22ClN3O4/c1-34-23-10-8-17(27)12-19(23)16-7-9-21-20(11-16)26(33)30-14-18(13-22(30)25(32)29-21)28-24(31)15-5-3-2-4-6-15/h2-12,18,22H,13-14H2,1H3,(H,28,31)(H,29,32)/t18-,22-/m0/s1. The third-order valence-corrected chi connectivity index (χ3v) is 6.45. The number of hydrogen-bond donors (Lipinski definition) is 2. The summed E-state index contributed by atoms with van der Waals surface area (Å²) in [6.07, 6.45) is 0.346. The molecule has 0 unspecified atom stereocenters. The second-order valence-electron chi connectivity index (χ2n) is 8.34. The molecule has 0 saturated carbocycles. The molecular formula is C26H22ClN3O4. The third kappa shape index (κ3) is 3.99. The Morgan fingerprint density at radius 2 is 1.85 bits per heavy atom. The molecule has 0 aromatic heterocycles. The summed E-state index contributed by atoms with van der Waals surface area (Å²) in [5, 5.41) is 6.37. The molecule has 3 aromatic carbocycles. The van der Waals surface area contributed by atoms with E-state index in [0.717, 1.165) is 11.1 Å². The highest BCUT2D eigenvalue weighted by Crippen LogP contribution is 2.36. The van der Waals surface area contributed by atoms with Gasteiger partial charge in [0.05, 0.1) is 18.4 Å². The van der Waals surface area contributed by atoms with Crippen LogP contribution in [0.2, 0.25) is 5.02 Å². The van der Waals surface area contributed by atoms with Crippen molar-refractivity contribution in [1.82, 2.24) is 10.2 Å². The Hall–Kier alpha value is -3.84. The Bertz CT molecular complexity index is 1290. The number of hydrogen-bond acceptors (Lipinski definition) is 4. The van der Waals surface area contributed by atoms with Crippen LogP contribution in [0.5, 0.6) is 5.75 Å². The molecule has 2 N–H and O–H groups in total. The highest BCUT2D eigenvalue weighted by molar-refractivity contribution is 6.31. The van der Waals surface area contributed by atoms with E-state index in [2.05, 4.69) is 10.6 Å². The van der Waals surface area contributed by atoms with Crippen molar-refractivity contribution < 1.29 is 19.1 Å². The van der Waals surface area contributed by atoms with Crippen molar-refractivity contribution in [3.63, 3.8) is 0 Å². The van der Waals surface area contributed by atoms with E-state index in [-0.39, 0.29) is 30.3 Å². The van der Waals surface area contributed by atoms with Crippen LogP contribution in [0.4, 0.5) is 5.69 Å². The molecule has 8 heteroatoms. The molecule has 0 radical (unpaired) electrons. The topological polar surface area (TPSA) is 87.7 Å². The zero-order valence-corrected chi connectivity index (χ0v) is 19.1. The number of amides is 3. The average molecular weight is 476 g/mol. The Kier molecular flexibility index (Phi) is 5.71. The lowest BCUT2D eigenvalue weighted by Crippen LogP contribution is -2.41. The number of anilines is 1. The number of nitrogens with one attached hydrogen (secondary N) is 2. The molecule has 3 aromatic rings. The van der Waals surface area contributed by atoms with Gasteiger partial charge in [0.1, 0.15) is 11.8 Å². The Labute approximate surface area is 201 Å². The minimum atomic E-state index is -0.662. The molecule has 34 heavy (non-hydrogen) atoms. The fourth-order valence-corrected chi connectivity index (χ4v) is 4.72. The van der Waals surface area contributed by atoms with Gasteiger partial charge in [-0.1, -0.05) is 35.9 Å². The van der Waals surface area contributed by atoms with E-state index in [4.69, 9.17) is 16.3 Å². The van der Waals surface area contributed by atoms with Crippen molar-refractivity contribution in [3.05, 3.63) is 82.9 Å². The average Bonchev–Trinajstić information content (AvgIpc) is 3.24. The Morgan fingerprint density at radius 3 is 2.62 bits per heavy atom. The summed E-state index contributed by atoms with van der Waals surface area (Å²) in [6.45, 7) is 0.250. The lowest BCUT2D eigenvalue weighted by molar-refractivity contribution is -0.119. The van der Waals surface area contributed by atoms with Crippen LogP contribution >= 0.6 is 11.6 Å². The van der Waals surface area contributed by atoms with Gasteiger partial charge in [-0.25, -0.2) is 0 Å². The summed E-state index contributed by atoms with van der Waals surface area (Å²) >= 11 is 6.19. The largest absolute Gasteiger partial charge is 0.496 e. The van der Waals surface area contributed by atoms with E-state index in [1.165, 1.54) is 4.90 Å². The monoisotopic (exact) mass is 475 g/mol. The van der Waals surface area contributed by atoms with E-state index in [1.807, 2.05) is 12.1 Å². The van der Waals surface area contributed by atoms with Gasteiger partial charge in [0.2, 0.25) is 5.91 Å². The molecule has 2 atom stereocenters. The van der Waals surface area contributed by atoms with Crippen LogP contribution in [-0.2, 0) is 4.79 Å². The normalized spacial score (nSPS) is 19.1. The molecular weight excluding hydrogens is 454 g/mol. The van der Waals surface area contributed by atoms with Gasteiger partial charge in [0, 0.05) is 28.7 Å². The number of nitrogens with zero attached hydrogens (tertiary/aromatic N) is 1. The van der Waals surface area contributed by atoms with Crippen LogP contribution in [0, 0.1) is 0 Å². The number of carbonyl (C=O) groups is 3. The van der Waals surface area contributed by atoms with Crippen LogP contribution < -0.4 is 15.4 Å². The molecule has 2 aliphatic heterocycles. The molecule has 1 fully saturated rings. The maximum absolute atomic E-state index is 13.5. The van der Waals surface area contributed by atoms with Crippen LogP contribution in [0.3, 0.4) is 0 Å². The highest BCUT2D eigenvalue weighted by atomic mass is 35.5. The summed E-state index contributed by atoms with van der Waals surface area (Å²) in [6, 6.07) is 18.4. The molecule has 0 spiro atoms. The fraction of sp³-hybridized carbons (Fsp3) is 0.192. The minimum absolute atomic E-state index is 0.230. The van der Waals surface area contributed by atoms with E-state index in [9.17, 15) is 14.4 Å². The van der Waals surface area contributed by atoms with Gasteiger partial charge < -0.3 is 20.3 Å². The summed E-state index contributed by atoms with van der Waals surface area (Å²) < 4.78 is 5.46. The Balaban J connectivity index is 1.43. The van der Waals surface area contributed by atoms with E-state index >= 15 is 0 Å². The van der Waals surface area contributed by atoms with Crippen LogP contribution in [-0.4, -0.2) is 48.4 Å². The number of benzene rings is 3. The number of carbonyl (C=O) groups excluding carboxylic acids is 3. The van der Waals surface area contributed by atoms with Crippen molar-refractivity contribution in [1.29, 1.82) is 0 Å². The third-order valence-electron chi connectivity index (χ3n) is 6.22. The molecule has 2 aliphatic rings. The zero-order valence-electron chi connectivity index (χ0n) is 18.4. The molecule has 172 valence electrons. The van der Waals surface area contributed by atoms with Crippen molar-refractivity contribution in [3.8, 4) is 16.9 Å². The first-order chi connectivity index (χ1) is 16.4. The maximum atomic E-state index is 13.5. The van der Waals surface area contributed by atoms with Gasteiger partial charge in [-0.3, -0.25) is 14.4 Å². The van der Waals surface area contributed by atoms with Gasteiger partial charge in [-0.2, -0.15) is 0 Å². The highest BCUT2D eigenvalue weighted by Gasteiger charge is 2.43.